The molecule has 0 bridgehead atoms. The van der Waals surface area contributed by atoms with E-state index in [0.717, 1.165) is 30.9 Å². The maximum Gasteiger partial charge on any atom is 0.129 e. The van der Waals surface area contributed by atoms with E-state index in [0.29, 0.717) is 6.10 Å². The largest absolute Gasteiger partial charge is 0.376 e. The molecule has 0 saturated carbocycles. The van der Waals surface area contributed by atoms with Crippen molar-refractivity contribution in [3.8, 4) is 0 Å². The van der Waals surface area contributed by atoms with Crippen molar-refractivity contribution in [2.24, 2.45) is 0 Å². The van der Waals surface area contributed by atoms with Crippen LogP contribution in [0.3, 0.4) is 0 Å². The number of nitrogens with zero attached hydrogens (tertiary/aromatic N) is 1. The molecule has 2 aromatic rings. The lowest BCUT2D eigenvalue weighted by molar-refractivity contribution is 0.0247. The summed E-state index contributed by atoms with van der Waals surface area (Å²) in [6, 6.07) is 10.4. The van der Waals surface area contributed by atoms with Crippen LogP contribution in [0.25, 0.3) is 10.9 Å². The van der Waals surface area contributed by atoms with Gasteiger partial charge in [-0.05, 0) is 43.9 Å². The van der Waals surface area contributed by atoms with Gasteiger partial charge in [0.15, 0.2) is 0 Å². The van der Waals surface area contributed by atoms with Gasteiger partial charge in [-0.1, -0.05) is 18.2 Å². The minimum absolute atomic E-state index is 0.335. The fourth-order valence-electron chi connectivity index (χ4n) is 2.58. The van der Waals surface area contributed by atoms with Crippen molar-refractivity contribution in [1.29, 1.82) is 0 Å². The first-order valence-electron chi connectivity index (χ1n) is 7.05. The molecular formula is C16H20N2O. The maximum absolute atomic E-state index is 5.74. The lowest BCUT2D eigenvalue weighted by Gasteiger charge is -2.23. The number of anilines is 1. The molecule has 1 N–H and O–H groups in total. The fraction of sp³-hybridized carbons (Fsp3) is 0.438. The number of para-hydroxylation sites is 1. The zero-order valence-corrected chi connectivity index (χ0v) is 11.4. The first-order chi connectivity index (χ1) is 9.33. The van der Waals surface area contributed by atoms with E-state index in [4.69, 9.17) is 9.72 Å². The van der Waals surface area contributed by atoms with Gasteiger partial charge < -0.3 is 10.1 Å². The molecule has 1 aromatic carbocycles. The number of benzene rings is 1. The van der Waals surface area contributed by atoms with Crippen molar-refractivity contribution >= 4 is 16.7 Å². The number of aryl methyl sites for hydroxylation is 1. The highest BCUT2D eigenvalue weighted by molar-refractivity contribution is 5.81. The van der Waals surface area contributed by atoms with E-state index in [2.05, 4.69) is 30.4 Å². The molecular weight excluding hydrogens is 236 g/mol. The molecule has 2 heterocycles. The Morgan fingerprint density at radius 3 is 3.05 bits per heavy atom. The summed E-state index contributed by atoms with van der Waals surface area (Å²) in [5.74, 6) is 0.980. The second-order valence-electron chi connectivity index (χ2n) is 5.22. The number of pyridine rings is 1. The summed E-state index contributed by atoms with van der Waals surface area (Å²) in [5, 5.41) is 4.63. The Bertz CT molecular complexity index is 562. The van der Waals surface area contributed by atoms with Gasteiger partial charge in [-0.2, -0.15) is 0 Å². The van der Waals surface area contributed by atoms with Crippen LogP contribution in [0, 0.1) is 6.92 Å². The van der Waals surface area contributed by atoms with Crippen molar-refractivity contribution in [1.82, 2.24) is 4.98 Å². The minimum Gasteiger partial charge on any atom is -0.376 e. The van der Waals surface area contributed by atoms with E-state index in [1.807, 2.05) is 12.1 Å². The van der Waals surface area contributed by atoms with Gasteiger partial charge in [0, 0.05) is 18.5 Å². The minimum atomic E-state index is 0.335. The van der Waals surface area contributed by atoms with Crippen molar-refractivity contribution in [3.05, 3.63) is 35.9 Å². The third-order valence-electron chi connectivity index (χ3n) is 3.69. The predicted octanol–water partition coefficient (Wildman–Crippen LogP) is 3.52. The van der Waals surface area contributed by atoms with E-state index in [1.165, 1.54) is 23.8 Å². The third-order valence-corrected chi connectivity index (χ3v) is 3.69. The summed E-state index contributed by atoms with van der Waals surface area (Å²) < 4.78 is 5.74. The van der Waals surface area contributed by atoms with Crippen LogP contribution < -0.4 is 5.32 Å². The summed E-state index contributed by atoms with van der Waals surface area (Å²) in [6.45, 7) is 3.85. The Balaban J connectivity index is 1.74. The number of aromatic nitrogens is 1. The lowest BCUT2D eigenvalue weighted by atomic mass is 10.1. The second kappa shape index (κ2) is 5.57. The van der Waals surface area contributed by atoms with E-state index >= 15 is 0 Å². The number of hydrogen-bond acceptors (Lipinski definition) is 3. The highest BCUT2D eigenvalue weighted by atomic mass is 16.5. The quantitative estimate of drug-likeness (QED) is 0.912. The SMILES string of the molecule is Cc1cc2ccccc2nc1NCC1CCCCO1. The summed E-state index contributed by atoms with van der Waals surface area (Å²) in [6.07, 6.45) is 3.96. The molecule has 0 spiro atoms. The normalized spacial score (nSPS) is 19.5. The van der Waals surface area contributed by atoms with Crippen LogP contribution >= 0.6 is 0 Å². The van der Waals surface area contributed by atoms with Crippen LogP contribution in [0.5, 0.6) is 0 Å². The number of nitrogens with one attached hydrogen (secondary N) is 1. The topological polar surface area (TPSA) is 34.2 Å². The van der Waals surface area contributed by atoms with E-state index < -0.39 is 0 Å². The average molecular weight is 256 g/mol. The highest BCUT2D eigenvalue weighted by Crippen LogP contribution is 2.20. The van der Waals surface area contributed by atoms with Gasteiger partial charge >= 0.3 is 0 Å². The molecule has 1 saturated heterocycles. The number of fused-ring (bicyclic) bond motifs is 1. The molecule has 1 aliphatic heterocycles. The molecule has 3 heteroatoms. The molecule has 1 aliphatic rings. The van der Waals surface area contributed by atoms with E-state index in [1.54, 1.807) is 0 Å². The van der Waals surface area contributed by atoms with Gasteiger partial charge in [-0.25, -0.2) is 4.98 Å². The first-order valence-corrected chi connectivity index (χ1v) is 7.05. The van der Waals surface area contributed by atoms with Crippen LogP contribution in [0.15, 0.2) is 30.3 Å². The predicted molar refractivity (Wildman–Crippen MR) is 78.6 cm³/mol. The number of ether oxygens (including phenoxy) is 1. The summed E-state index contributed by atoms with van der Waals surface area (Å²) in [4.78, 5) is 4.69. The van der Waals surface area contributed by atoms with Gasteiger partial charge in [0.25, 0.3) is 0 Å². The van der Waals surface area contributed by atoms with Gasteiger partial charge in [0.05, 0.1) is 11.6 Å². The molecule has 3 rings (SSSR count). The first kappa shape index (κ1) is 12.4. The van der Waals surface area contributed by atoms with Gasteiger partial charge in [0.1, 0.15) is 5.82 Å². The zero-order chi connectivity index (χ0) is 13.1. The molecule has 3 nitrogen and oxygen atoms in total. The van der Waals surface area contributed by atoms with Crippen LogP contribution in [0.4, 0.5) is 5.82 Å². The molecule has 0 amide bonds. The Morgan fingerprint density at radius 1 is 1.32 bits per heavy atom. The zero-order valence-electron chi connectivity index (χ0n) is 11.4. The average Bonchev–Trinajstić information content (AvgIpc) is 2.46. The number of hydrogen-bond donors (Lipinski definition) is 1. The molecule has 0 radical (unpaired) electrons. The molecule has 1 fully saturated rings. The van der Waals surface area contributed by atoms with Gasteiger partial charge in [0.2, 0.25) is 0 Å². The monoisotopic (exact) mass is 256 g/mol. The van der Waals surface area contributed by atoms with Gasteiger partial charge in [-0.3, -0.25) is 0 Å². The van der Waals surface area contributed by atoms with Crippen LogP contribution in [0.2, 0.25) is 0 Å². The molecule has 1 unspecified atom stereocenters. The maximum atomic E-state index is 5.74. The van der Waals surface area contributed by atoms with Crippen molar-refractivity contribution in [2.75, 3.05) is 18.5 Å². The Morgan fingerprint density at radius 2 is 2.21 bits per heavy atom. The molecule has 0 aliphatic carbocycles. The third kappa shape index (κ3) is 2.87. The smallest absolute Gasteiger partial charge is 0.129 e. The van der Waals surface area contributed by atoms with Crippen molar-refractivity contribution < 1.29 is 4.74 Å². The summed E-state index contributed by atoms with van der Waals surface area (Å²) in [7, 11) is 0. The van der Waals surface area contributed by atoms with Crippen molar-refractivity contribution in [3.63, 3.8) is 0 Å². The summed E-state index contributed by atoms with van der Waals surface area (Å²) in [5.41, 5.74) is 2.23. The fourth-order valence-corrected chi connectivity index (χ4v) is 2.58. The number of rotatable bonds is 3. The molecule has 1 aromatic heterocycles. The van der Waals surface area contributed by atoms with Crippen LogP contribution in [-0.4, -0.2) is 24.2 Å². The Labute approximate surface area is 114 Å². The van der Waals surface area contributed by atoms with E-state index in [-0.39, 0.29) is 0 Å². The van der Waals surface area contributed by atoms with Crippen molar-refractivity contribution in [2.45, 2.75) is 32.3 Å². The van der Waals surface area contributed by atoms with E-state index in [9.17, 15) is 0 Å². The second-order valence-corrected chi connectivity index (χ2v) is 5.22. The van der Waals surface area contributed by atoms with Crippen LogP contribution in [-0.2, 0) is 4.74 Å². The lowest BCUT2D eigenvalue weighted by Crippen LogP contribution is -2.27. The van der Waals surface area contributed by atoms with Gasteiger partial charge in [-0.15, -0.1) is 0 Å². The standard InChI is InChI=1S/C16H20N2O/c1-12-10-13-6-2-3-8-15(13)18-16(12)17-11-14-7-4-5-9-19-14/h2-3,6,8,10,14H,4-5,7,9,11H2,1H3,(H,17,18). The Kier molecular flexibility index (Phi) is 3.65. The molecule has 19 heavy (non-hydrogen) atoms. The van der Waals surface area contributed by atoms with Crippen LogP contribution in [0.1, 0.15) is 24.8 Å². The Hall–Kier alpha value is -1.61. The molecule has 100 valence electrons. The molecule has 1 atom stereocenters. The highest BCUT2D eigenvalue weighted by Gasteiger charge is 2.14. The summed E-state index contributed by atoms with van der Waals surface area (Å²) >= 11 is 0.